The number of hydrogen-bond donors (Lipinski definition) is 2. The molecule has 7 nitrogen and oxygen atoms in total. The van der Waals surface area contributed by atoms with Gasteiger partial charge in [0.15, 0.2) is 0 Å². The molecule has 1 unspecified atom stereocenters. The van der Waals surface area contributed by atoms with Crippen molar-refractivity contribution in [2.24, 2.45) is 0 Å². The normalized spacial score (nSPS) is 14.8. The quantitative estimate of drug-likeness (QED) is 0.226. The van der Waals surface area contributed by atoms with Gasteiger partial charge in [-0.2, -0.15) is 0 Å². The number of non-ortho nitro benzene ring substituents is 1. The average Bonchev–Trinajstić information content (AvgIpc) is 3.27. The molecule has 0 amide bonds. The summed E-state index contributed by atoms with van der Waals surface area (Å²) in [4.78, 5) is 27.4. The first-order chi connectivity index (χ1) is 15.1. The molecule has 3 heterocycles. The Morgan fingerprint density at radius 1 is 0.935 bits per heavy atom. The molecule has 1 atom stereocenters. The Bertz CT molecular complexity index is 1580. The molecule has 0 aliphatic carbocycles. The van der Waals surface area contributed by atoms with E-state index in [2.05, 4.69) is 10.3 Å². The van der Waals surface area contributed by atoms with Crippen molar-refractivity contribution < 1.29 is 9.34 Å². The maximum absolute atomic E-state index is 13.2. The summed E-state index contributed by atoms with van der Waals surface area (Å²) < 4.78 is 5.66. The van der Waals surface area contributed by atoms with Crippen molar-refractivity contribution in [3.63, 3.8) is 0 Å². The molecule has 7 heteroatoms. The van der Waals surface area contributed by atoms with Crippen molar-refractivity contribution in [1.29, 1.82) is 0 Å². The highest BCUT2D eigenvalue weighted by Gasteiger charge is 2.34. The fourth-order valence-corrected chi connectivity index (χ4v) is 4.57. The van der Waals surface area contributed by atoms with Crippen LogP contribution in [0.2, 0.25) is 0 Å². The second-order valence-corrected chi connectivity index (χ2v) is 7.55. The van der Waals surface area contributed by atoms with Crippen molar-refractivity contribution in [3.8, 4) is 0 Å². The molecular weight excluding hydrogens is 394 g/mol. The van der Waals surface area contributed by atoms with Crippen LogP contribution in [0.3, 0.4) is 0 Å². The number of rotatable bonds is 2. The molecule has 3 aromatic carbocycles. The number of hydrogen-bond acceptors (Lipinski definition) is 5. The van der Waals surface area contributed by atoms with E-state index >= 15 is 0 Å². The van der Waals surface area contributed by atoms with Crippen molar-refractivity contribution in [2.45, 2.75) is 5.92 Å². The number of nitro benzene ring substituents is 1. The van der Waals surface area contributed by atoms with Crippen LogP contribution in [0.5, 0.6) is 0 Å². The monoisotopic (exact) mass is 409 g/mol. The van der Waals surface area contributed by atoms with Crippen molar-refractivity contribution in [1.82, 2.24) is 4.98 Å². The lowest BCUT2D eigenvalue weighted by molar-refractivity contribution is -0.384. The van der Waals surface area contributed by atoms with Gasteiger partial charge in [0, 0.05) is 46.2 Å². The van der Waals surface area contributed by atoms with E-state index < -0.39 is 16.5 Å². The SMILES string of the molecule is O=c1oc2ccccc2c2c1C(c1cccc([N+](=O)[O-])c1)c1c(ccc3[nH]ccc13)N2. The van der Waals surface area contributed by atoms with Gasteiger partial charge < -0.3 is 14.7 Å². The van der Waals surface area contributed by atoms with Crippen LogP contribution in [0.1, 0.15) is 22.6 Å². The maximum atomic E-state index is 13.2. The van der Waals surface area contributed by atoms with Crippen LogP contribution in [-0.2, 0) is 0 Å². The topological polar surface area (TPSA) is 101 Å². The van der Waals surface area contributed by atoms with E-state index in [0.717, 1.165) is 27.5 Å². The van der Waals surface area contributed by atoms with Crippen LogP contribution in [0, 0.1) is 10.1 Å². The Hall–Kier alpha value is -4.39. The van der Waals surface area contributed by atoms with E-state index in [1.54, 1.807) is 12.1 Å². The van der Waals surface area contributed by atoms with Gasteiger partial charge in [0.05, 0.1) is 16.2 Å². The fourth-order valence-electron chi connectivity index (χ4n) is 4.57. The molecule has 0 bridgehead atoms. The summed E-state index contributed by atoms with van der Waals surface area (Å²) in [5, 5.41) is 16.6. The highest BCUT2D eigenvalue weighted by atomic mass is 16.6. The minimum atomic E-state index is -0.522. The highest BCUT2D eigenvalue weighted by Crippen LogP contribution is 2.48. The van der Waals surface area contributed by atoms with Crippen LogP contribution in [-0.4, -0.2) is 9.91 Å². The number of benzene rings is 3. The molecule has 0 radical (unpaired) electrons. The summed E-state index contributed by atoms with van der Waals surface area (Å²) >= 11 is 0. The molecule has 1 aliphatic heterocycles. The lowest BCUT2D eigenvalue weighted by atomic mass is 9.79. The second-order valence-electron chi connectivity index (χ2n) is 7.55. The van der Waals surface area contributed by atoms with Gasteiger partial charge in [-0.15, -0.1) is 0 Å². The zero-order valence-electron chi connectivity index (χ0n) is 16.1. The molecule has 150 valence electrons. The number of nitro groups is 1. The summed E-state index contributed by atoms with van der Waals surface area (Å²) in [6.45, 7) is 0. The van der Waals surface area contributed by atoms with Crippen LogP contribution in [0.25, 0.3) is 21.9 Å². The Kier molecular flexibility index (Phi) is 3.55. The summed E-state index contributed by atoms with van der Waals surface area (Å²) in [5.74, 6) is -0.522. The first-order valence-corrected chi connectivity index (χ1v) is 9.79. The molecule has 5 aromatic rings. The molecule has 6 rings (SSSR count). The van der Waals surface area contributed by atoms with Gasteiger partial charge >= 0.3 is 5.63 Å². The van der Waals surface area contributed by atoms with E-state index in [-0.39, 0.29) is 5.69 Å². The summed E-state index contributed by atoms with van der Waals surface area (Å²) in [6, 6.07) is 19.7. The van der Waals surface area contributed by atoms with E-state index in [1.165, 1.54) is 12.1 Å². The third-order valence-corrected chi connectivity index (χ3v) is 5.88. The molecule has 2 aromatic heterocycles. The first-order valence-electron chi connectivity index (χ1n) is 9.79. The number of fused-ring (bicyclic) bond motifs is 6. The number of nitrogens with one attached hydrogen (secondary N) is 2. The Morgan fingerprint density at radius 2 is 1.81 bits per heavy atom. The predicted octanol–water partition coefficient (Wildman–Crippen LogP) is 5.42. The molecule has 31 heavy (non-hydrogen) atoms. The molecule has 0 saturated carbocycles. The minimum absolute atomic E-state index is 0.0226. The first kappa shape index (κ1) is 17.5. The lowest BCUT2D eigenvalue weighted by Gasteiger charge is -2.30. The van der Waals surface area contributed by atoms with Crippen LogP contribution < -0.4 is 10.9 Å². The molecule has 2 N–H and O–H groups in total. The van der Waals surface area contributed by atoms with Gasteiger partial charge in [0.25, 0.3) is 5.69 Å². The Labute approximate surface area is 175 Å². The predicted molar refractivity (Wildman–Crippen MR) is 118 cm³/mol. The average molecular weight is 409 g/mol. The van der Waals surface area contributed by atoms with E-state index in [1.807, 2.05) is 48.7 Å². The van der Waals surface area contributed by atoms with Gasteiger partial charge in [-0.3, -0.25) is 10.1 Å². The zero-order valence-corrected chi connectivity index (χ0v) is 16.1. The number of aromatic nitrogens is 1. The van der Waals surface area contributed by atoms with Crippen LogP contribution in [0.4, 0.5) is 17.1 Å². The highest BCUT2D eigenvalue weighted by molar-refractivity contribution is 6.00. The summed E-state index contributed by atoms with van der Waals surface area (Å²) in [5.41, 5.74) is 4.44. The van der Waals surface area contributed by atoms with Gasteiger partial charge in [0.1, 0.15) is 5.58 Å². The molecule has 0 saturated heterocycles. The molecule has 0 fully saturated rings. The van der Waals surface area contributed by atoms with Crippen molar-refractivity contribution >= 4 is 38.9 Å². The van der Waals surface area contributed by atoms with Gasteiger partial charge in [-0.05, 0) is 41.5 Å². The zero-order chi connectivity index (χ0) is 21.1. The van der Waals surface area contributed by atoms with E-state index in [4.69, 9.17) is 4.42 Å². The second kappa shape index (κ2) is 6.30. The summed E-state index contributed by atoms with van der Waals surface area (Å²) in [6.07, 6.45) is 1.84. The number of para-hydroxylation sites is 1. The lowest BCUT2D eigenvalue weighted by Crippen LogP contribution is -2.22. The van der Waals surface area contributed by atoms with E-state index in [9.17, 15) is 14.9 Å². The van der Waals surface area contributed by atoms with E-state index in [0.29, 0.717) is 22.4 Å². The minimum Gasteiger partial charge on any atom is -0.422 e. The maximum Gasteiger partial charge on any atom is 0.342 e. The largest absolute Gasteiger partial charge is 0.422 e. The number of aromatic amines is 1. The standard InChI is InChI=1S/C24H15N3O4/c28-24-22-20(13-4-3-5-14(12-13)27(29)30)21-15-10-11-25-17(15)8-9-18(21)26-23(22)16-6-1-2-7-19(16)31-24/h1-12,20,25-26H. The smallest absolute Gasteiger partial charge is 0.342 e. The number of H-pyrrole nitrogens is 1. The molecule has 1 aliphatic rings. The molecular formula is C24H15N3O4. The molecule has 0 spiro atoms. The van der Waals surface area contributed by atoms with Crippen molar-refractivity contribution in [3.05, 3.63) is 110 Å². The van der Waals surface area contributed by atoms with Crippen molar-refractivity contribution in [2.75, 3.05) is 5.32 Å². The van der Waals surface area contributed by atoms with Gasteiger partial charge in [-0.1, -0.05) is 24.3 Å². The van der Waals surface area contributed by atoms with Gasteiger partial charge in [0.2, 0.25) is 0 Å². The fraction of sp³-hybridized carbons (Fsp3) is 0.0417. The number of anilines is 2. The third-order valence-electron chi connectivity index (χ3n) is 5.88. The van der Waals surface area contributed by atoms with Crippen LogP contribution in [0.15, 0.2) is 82.1 Å². The third kappa shape index (κ3) is 2.50. The number of nitrogens with zero attached hydrogens (tertiary/aromatic N) is 1. The van der Waals surface area contributed by atoms with Gasteiger partial charge in [-0.25, -0.2) is 4.79 Å². The van der Waals surface area contributed by atoms with Crippen LogP contribution >= 0.6 is 0 Å². The Balaban J connectivity index is 1.75. The summed E-state index contributed by atoms with van der Waals surface area (Å²) in [7, 11) is 0. The Morgan fingerprint density at radius 3 is 2.68 bits per heavy atom.